The van der Waals surface area contributed by atoms with Crippen molar-refractivity contribution in [3.63, 3.8) is 0 Å². The summed E-state index contributed by atoms with van der Waals surface area (Å²) in [5, 5.41) is 1.47. The van der Waals surface area contributed by atoms with Gasteiger partial charge in [0.05, 0.1) is 26.3 Å². The van der Waals surface area contributed by atoms with E-state index in [2.05, 4.69) is 6.58 Å². The van der Waals surface area contributed by atoms with Crippen molar-refractivity contribution in [1.82, 2.24) is 9.80 Å². The van der Waals surface area contributed by atoms with Crippen LogP contribution in [0.5, 0.6) is 11.5 Å². The lowest BCUT2D eigenvalue weighted by Crippen LogP contribution is -2.44. The van der Waals surface area contributed by atoms with Gasteiger partial charge in [-0.3, -0.25) is 9.59 Å². The van der Waals surface area contributed by atoms with E-state index in [1.807, 2.05) is 60.7 Å². The molecule has 4 aromatic carbocycles. The fourth-order valence-electron chi connectivity index (χ4n) is 7.07. The third-order valence-corrected chi connectivity index (χ3v) is 11.5. The highest BCUT2D eigenvalue weighted by molar-refractivity contribution is 6.37. The summed E-state index contributed by atoms with van der Waals surface area (Å²) in [6.45, 7) is 4.04. The summed E-state index contributed by atoms with van der Waals surface area (Å²) in [4.78, 5) is 64.9. The molecule has 0 spiro atoms. The average Bonchev–Trinajstić information content (AvgIpc) is 3.79. The van der Waals surface area contributed by atoms with E-state index in [1.165, 1.54) is 19.1 Å². The Morgan fingerprint density at radius 3 is 1.38 bits per heavy atom. The standard InChI is InChI=1S/C23H23Cl2NO4.C22H21Cl2NO5/c1-3-7-16(11-19-20(24)12-18(29-2)13-21(19)25)22(27)26-17(14-30-23(26)28)10-15-8-5-4-6-9-15;1-29-17-11-19(23)18(20(24)12-17)10-15(7-8-26)21(27)25-16(13-30-22(25)28)9-14-5-3-2-4-6-14/h3-6,8-9,12-13,16-17H,1,7,10-11,14H2,2H3;2-6,8,11-12,15-16H,7,9-10,13H2,1H3/t16-,17+;15-,16+/m00/s1. The molecular formula is C45H44Cl4N2O9. The second kappa shape index (κ2) is 22.0. The van der Waals surface area contributed by atoms with Gasteiger partial charge in [0.2, 0.25) is 11.8 Å². The van der Waals surface area contributed by atoms with Crippen LogP contribution >= 0.6 is 46.4 Å². The number of allylic oxidation sites excluding steroid dienone is 1. The maximum Gasteiger partial charge on any atom is 0.416 e. The van der Waals surface area contributed by atoms with Crippen LogP contribution < -0.4 is 9.47 Å². The second-order valence-corrected chi connectivity index (χ2v) is 15.8. The zero-order chi connectivity index (χ0) is 43.3. The molecule has 316 valence electrons. The molecule has 2 saturated heterocycles. The van der Waals surface area contributed by atoms with Crippen molar-refractivity contribution in [2.75, 3.05) is 27.4 Å². The number of nitrogens with zero attached hydrogens (tertiary/aromatic N) is 2. The lowest BCUT2D eigenvalue weighted by atomic mass is 9.93. The van der Waals surface area contributed by atoms with Crippen molar-refractivity contribution >= 4 is 76.7 Å². The molecule has 2 aliphatic rings. The molecule has 11 nitrogen and oxygen atoms in total. The van der Waals surface area contributed by atoms with Crippen LogP contribution in [-0.2, 0) is 49.5 Å². The summed E-state index contributed by atoms with van der Waals surface area (Å²) in [5.41, 5.74) is 3.16. The lowest BCUT2D eigenvalue weighted by molar-refractivity contribution is -0.135. The van der Waals surface area contributed by atoms with E-state index in [9.17, 15) is 24.0 Å². The van der Waals surface area contributed by atoms with Crippen LogP contribution in [0.4, 0.5) is 9.59 Å². The number of cyclic esters (lactones) is 2. The van der Waals surface area contributed by atoms with Gasteiger partial charge in [-0.25, -0.2) is 19.4 Å². The highest BCUT2D eigenvalue weighted by Crippen LogP contribution is 2.35. The molecule has 4 aromatic rings. The highest BCUT2D eigenvalue weighted by Gasteiger charge is 2.42. The molecule has 0 radical (unpaired) electrons. The molecule has 4 atom stereocenters. The Morgan fingerprint density at radius 1 is 0.683 bits per heavy atom. The average molecular weight is 899 g/mol. The summed E-state index contributed by atoms with van der Waals surface area (Å²) in [7, 11) is 3.02. The van der Waals surface area contributed by atoms with E-state index in [4.69, 9.17) is 65.4 Å². The number of methoxy groups -OCH3 is 2. The predicted octanol–water partition coefficient (Wildman–Crippen LogP) is 9.67. The van der Waals surface area contributed by atoms with Crippen molar-refractivity contribution in [3.8, 4) is 11.5 Å². The molecule has 2 aliphatic heterocycles. The third kappa shape index (κ3) is 11.6. The van der Waals surface area contributed by atoms with Crippen LogP contribution in [0.1, 0.15) is 35.1 Å². The van der Waals surface area contributed by atoms with Crippen molar-refractivity contribution in [2.24, 2.45) is 11.8 Å². The molecular weight excluding hydrogens is 854 g/mol. The molecule has 60 heavy (non-hydrogen) atoms. The Labute approximate surface area is 369 Å². The van der Waals surface area contributed by atoms with Crippen molar-refractivity contribution < 1.29 is 42.9 Å². The third-order valence-electron chi connectivity index (χ3n) is 10.2. The van der Waals surface area contributed by atoms with Crippen LogP contribution in [0.15, 0.2) is 97.6 Å². The zero-order valence-corrected chi connectivity index (χ0v) is 36.0. The summed E-state index contributed by atoms with van der Waals surface area (Å²) in [6.07, 6.45) is 2.67. The van der Waals surface area contributed by atoms with E-state index in [-0.39, 0.29) is 44.4 Å². The smallest absolute Gasteiger partial charge is 0.416 e. The van der Waals surface area contributed by atoms with Gasteiger partial charge in [0, 0.05) is 38.3 Å². The SMILES string of the molecule is C=CC[C@@H](Cc1c(Cl)cc(OC)cc1Cl)C(=O)N1C(=O)OC[C@H]1Cc1ccccc1.COc1cc(Cl)c(C[C@H](CC=O)C(=O)N2C(=O)OC[C@H]2Cc2ccccc2)c(Cl)c1. The number of hydrogen-bond donors (Lipinski definition) is 0. The summed E-state index contributed by atoms with van der Waals surface area (Å²) < 4.78 is 20.6. The zero-order valence-electron chi connectivity index (χ0n) is 33.0. The second-order valence-electron chi connectivity index (χ2n) is 14.1. The molecule has 0 saturated carbocycles. The Kier molecular flexibility index (Phi) is 16.8. The minimum absolute atomic E-state index is 0.0701. The van der Waals surface area contributed by atoms with E-state index in [0.717, 1.165) is 16.0 Å². The minimum atomic E-state index is -0.796. The molecule has 2 heterocycles. The Hall–Kier alpha value is -5.07. The van der Waals surface area contributed by atoms with Crippen molar-refractivity contribution in [2.45, 2.75) is 50.6 Å². The van der Waals surface area contributed by atoms with E-state index in [1.54, 1.807) is 30.3 Å². The highest BCUT2D eigenvalue weighted by atomic mass is 35.5. The molecule has 0 bridgehead atoms. The molecule has 0 aromatic heterocycles. The maximum atomic E-state index is 13.4. The fourth-order valence-corrected chi connectivity index (χ4v) is 8.31. The Morgan fingerprint density at radius 2 is 1.05 bits per heavy atom. The normalized spacial score (nSPS) is 16.8. The minimum Gasteiger partial charge on any atom is -0.497 e. The van der Waals surface area contributed by atoms with Crippen molar-refractivity contribution in [1.29, 1.82) is 0 Å². The summed E-state index contributed by atoms with van der Waals surface area (Å²) in [5.74, 6) is -1.12. The number of halogens is 4. The molecule has 0 unspecified atom stereocenters. The first-order chi connectivity index (χ1) is 28.9. The van der Waals surface area contributed by atoms with Gasteiger partial charge in [-0.05, 0) is 78.6 Å². The summed E-state index contributed by atoms with van der Waals surface area (Å²) in [6, 6.07) is 24.9. The van der Waals surface area contributed by atoms with Crippen LogP contribution in [0.2, 0.25) is 20.1 Å². The number of hydrogen-bond acceptors (Lipinski definition) is 9. The van der Waals surface area contributed by atoms with E-state index >= 15 is 0 Å². The first-order valence-electron chi connectivity index (χ1n) is 19.0. The van der Waals surface area contributed by atoms with E-state index in [0.29, 0.717) is 68.3 Å². The number of carbonyl (C=O) groups is 5. The molecule has 4 amide bonds. The largest absolute Gasteiger partial charge is 0.497 e. The van der Waals surface area contributed by atoms with Gasteiger partial charge >= 0.3 is 12.2 Å². The topological polar surface area (TPSA) is 129 Å². The van der Waals surface area contributed by atoms with Crippen LogP contribution in [0.25, 0.3) is 0 Å². The number of carbonyl (C=O) groups excluding carboxylic acids is 5. The monoisotopic (exact) mass is 896 g/mol. The quantitative estimate of drug-likeness (QED) is 0.0798. The molecule has 6 rings (SSSR count). The number of amides is 4. The number of benzene rings is 4. The van der Waals surface area contributed by atoms with Gasteiger partial charge in [-0.1, -0.05) is 113 Å². The predicted molar refractivity (Wildman–Crippen MR) is 230 cm³/mol. The maximum absolute atomic E-state index is 13.4. The number of rotatable bonds is 16. The van der Waals surface area contributed by atoms with Crippen molar-refractivity contribution in [3.05, 3.63) is 140 Å². The van der Waals surface area contributed by atoms with E-state index < -0.39 is 36.0 Å². The van der Waals surface area contributed by atoms with Crippen LogP contribution in [0, 0.1) is 11.8 Å². The summed E-state index contributed by atoms with van der Waals surface area (Å²) >= 11 is 25.4. The molecule has 0 N–H and O–H groups in total. The first kappa shape index (κ1) is 46.0. The van der Waals surface area contributed by atoms with Crippen LogP contribution in [0.3, 0.4) is 0 Å². The molecule has 2 fully saturated rings. The van der Waals surface area contributed by atoms with Crippen LogP contribution in [-0.4, -0.2) is 79.6 Å². The Bertz CT molecular complexity index is 1970. The molecule has 0 aliphatic carbocycles. The van der Waals surface area contributed by atoms with Gasteiger partial charge < -0.3 is 23.7 Å². The first-order valence-corrected chi connectivity index (χ1v) is 20.6. The van der Waals surface area contributed by atoms with Gasteiger partial charge in [-0.2, -0.15) is 0 Å². The van der Waals surface area contributed by atoms with Gasteiger partial charge in [0.25, 0.3) is 0 Å². The number of imide groups is 2. The lowest BCUT2D eigenvalue weighted by Gasteiger charge is -2.25. The fraction of sp³-hybridized carbons (Fsp3) is 0.311. The van der Waals surface area contributed by atoms with Gasteiger partial charge in [-0.15, -0.1) is 6.58 Å². The van der Waals surface area contributed by atoms with Gasteiger partial charge in [0.15, 0.2) is 0 Å². The number of ether oxygens (including phenoxy) is 4. The Balaban J connectivity index is 0.000000228. The number of aldehydes is 1. The molecule has 15 heteroatoms. The van der Waals surface area contributed by atoms with Gasteiger partial charge in [0.1, 0.15) is 31.0 Å².